The number of aromatic amines is 1. The number of ether oxygens (including phenoxy) is 2. The standard InChI is InChI=1S/C29H24N2O4S/c1-34-28(33)11-8-19-4-2-5-20(14-19)15-22-18-36-29(31-22)21-6-3-7-23(16-21)35-27-10-9-26-24(12-13-30-26)25(27)17-32/h2-14,16,18,30,32H,15,17H2,1H3/b11-8+. The summed E-state index contributed by atoms with van der Waals surface area (Å²) >= 11 is 1.58. The topological polar surface area (TPSA) is 84.4 Å². The van der Waals surface area contributed by atoms with E-state index in [9.17, 15) is 9.90 Å². The van der Waals surface area contributed by atoms with Gasteiger partial charge in [0.25, 0.3) is 0 Å². The van der Waals surface area contributed by atoms with Crippen LogP contribution < -0.4 is 4.74 Å². The normalized spacial score (nSPS) is 11.3. The Bertz CT molecular complexity index is 1550. The fourth-order valence-corrected chi connectivity index (χ4v) is 4.84. The summed E-state index contributed by atoms with van der Waals surface area (Å²) in [5, 5.41) is 13.8. The van der Waals surface area contributed by atoms with Gasteiger partial charge >= 0.3 is 5.97 Å². The smallest absolute Gasteiger partial charge is 0.330 e. The second-order valence-electron chi connectivity index (χ2n) is 8.19. The maximum Gasteiger partial charge on any atom is 0.330 e. The number of fused-ring (bicyclic) bond motifs is 1. The van der Waals surface area contributed by atoms with Crippen molar-refractivity contribution in [2.45, 2.75) is 13.0 Å². The van der Waals surface area contributed by atoms with Gasteiger partial charge in [0.1, 0.15) is 16.5 Å². The quantitative estimate of drug-likeness (QED) is 0.193. The molecule has 3 aromatic carbocycles. The number of carbonyl (C=O) groups is 1. The molecule has 0 saturated carbocycles. The average molecular weight is 497 g/mol. The molecule has 180 valence electrons. The Balaban J connectivity index is 1.33. The van der Waals surface area contributed by atoms with Crippen molar-refractivity contribution in [2.24, 2.45) is 0 Å². The van der Waals surface area contributed by atoms with Crippen molar-refractivity contribution in [1.29, 1.82) is 0 Å². The fraction of sp³-hybridized carbons (Fsp3) is 0.103. The van der Waals surface area contributed by atoms with Gasteiger partial charge in [-0.3, -0.25) is 0 Å². The molecule has 0 amide bonds. The second kappa shape index (κ2) is 10.6. The van der Waals surface area contributed by atoms with Crippen molar-refractivity contribution in [3.8, 4) is 22.1 Å². The number of esters is 1. The molecule has 5 aromatic rings. The molecule has 0 spiro atoms. The van der Waals surface area contributed by atoms with Crippen LogP contribution in [0.2, 0.25) is 0 Å². The van der Waals surface area contributed by atoms with Crippen LogP contribution in [-0.2, 0) is 22.6 Å². The molecule has 0 saturated heterocycles. The zero-order valence-corrected chi connectivity index (χ0v) is 20.4. The van der Waals surface area contributed by atoms with Gasteiger partial charge in [0.05, 0.1) is 19.4 Å². The molecule has 2 N–H and O–H groups in total. The summed E-state index contributed by atoms with van der Waals surface area (Å²) in [5.41, 5.74) is 5.67. The van der Waals surface area contributed by atoms with Crippen LogP contribution in [0.5, 0.6) is 11.5 Å². The highest BCUT2D eigenvalue weighted by atomic mass is 32.1. The SMILES string of the molecule is COC(=O)/C=C/c1cccc(Cc2csc(-c3cccc(Oc4ccc5[nH]ccc5c4CO)c3)n2)c1. The number of carbonyl (C=O) groups excluding carboxylic acids is 1. The van der Waals surface area contributed by atoms with Gasteiger partial charge in [0.2, 0.25) is 0 Å². The van der Waals surface area contributed by atoms with Gasteiger partial charge < -0.3 is 19.6 Å². The molecule has 0 aliphatic heterocycles. The highest BCUT2D eigenvalue weighted by molar-refractivity contribution is 7.13. The van der Waals surface area contributed by atoms with E-state index in [0.717, 1.165) is 43.9 Å². The van der Waals surface area contributed by atoms with Gasteiger partial charge in [-0.05, 0) is 47.5 Å². The van der Waals surface area contributed by atoms with E-state index in [-0.39, 0.29) is 12.6 Å². The first kappa shape index (κ1) is 23.5. The van der Waals surface area contributed by atoms with Crippen molar-refractivity contribution in [3.63, 3.8) is 0 Å². The molecule has 2 aromatic heterocycles. The molecule has 0 unspecified atom stereocenters. The Morgan fingerprint density at radius 2 is 2.00 bits per heavy atom. The molecular weight excluding hydrogens is 472 g/mol. The molecule has 2 heterocycles. The molecule has 0 aliphatic rings. The number of thiazole rings is 1. The Morgan fingerprint density at radius 1 is 1.11 bits per heavy atom. The van der Waals surface area contributed by atoms with E-state index in [0.29, 0.717) is 17.9 Å². The summed E-state index contributed by atoms with van der Waals surface area (Å²) in [4.78, 5) is 19.4. The summed E-state index contributed by atoms with van der Waals surface area (Å²) in [5.74, 6) is 0.926. The predicted octanol–water partition coefficient (Wildman–Crippen LogP) is 6.35. The maximum absolute atomic E-state index is 11.4. The van der Waals surface area contributed by atoms with Gasteiger partial charge in [-0.15, -0.1) is 11.3 Å². The Hall–Kier alpha value is -4.20. The number of aromatic nitrogens is 2. The van der Waals surface area contributed by atoms with Gasteiger partial charge in [-0.1, -0.05) is 36.4 Å². The largest absolute Gasteiger partial charge is 0.466 e. The van der Waals surface area contributed by atoms with Crippen molar-refractivity contribution < 1.29 is 19.4 Å². The Morgan fingerprint density at radius 3 is 2.86 bits per heavy atom. The highest BCUT2D eigenvalue weighted by Crippen LogP contribution is 2.34. The number of nitrogens with one attached hydrogen (secondary N) is 1. The van der Waals surface area contributed by atoms with E-state index in [2.05, 4.69) is 15.1 Å². The lowest BCUT2D eigenvalue weighted by atomic mass is 10.1. The van der Waals surface area contributed by atoms with Crippen molar-refractivity contribution in [2.75, 3.05) is 7.11 Å². The van der Waals surface area contributed by atoms with E-state index in [1.165, 1.54) is 13.2 Å². The van der Waals surface area contributed by atoms with Crippen LogP contribution >= 0.6 is 11.3 Å². The number of H-pyrrole nitrogens is 1. The Labute approximate surface area is 212 Å². The molecule has 6 nitrogen and oxygen atoms in total. The minimum atomic E-state index is -0.381. The zero-order valence-electron chi connectivity index (χ0n) is 19.6. The molecule has 0 bridgehead atoms. The van der Waals surface area contributed by atoms with E-state index >= 15 is 0 Å². The molecule has 0 radical (unpaired) electrons. The summed E-state index contributed by atoms with van der Waals surface area (Å²) in [6.07, 6.45) is 5.69. The number of nitrogens with zero attached hydrogens (tertiary/aromatic N) is 1. The van der Waals surface area contributed by atoms with Gasteiger partial charge in [0.15, 0.2) is 0 Å². The van der Waals surface area contributed by atoms with Crippen LogP contribution in [0.3, 0.4) is 0 Å². The monoisotopic (exact) mass is 496 g/mol. The van der Waals surface area contributed by atoms with E-state index in [1.807, 2.05) is 72.9 Å². The van der Waals surface area contributed by atoms with Gasteiger partial charge in [-0.2, -0.15) is 0 Å². The van der Waals surface area contributed by atoms with Crippen LogP contribution in [-0.4, -0.2) is 28.2 Å². The van der Waals surface area contributed by atoms with Crippen molar-refractivity contribution >= 4 is 34.3 Å². The maximum atomic E-state index is 11.4. The number of aliphatic hydroxyl groups excluding tert-OH is 1. The zero-order chi connectivity index (χ0) is 24.9. The first-order chi connectivity index (χ1) is 17.6. The molecular formula is C29H24N2O4S. The first-order valence-corrected chi connectivity index (χ1v) is 12.3. The lowest BCUT2D eigenvalue weighted by Gasteiger charge is -2.11. The van der Waals surface area contributed by atoms with Crippen LogP contribution in [0.4, 0.5) is 0 Å². The number of methoxy groups -OCH3 is 1. The molecule has 0 fully saturated rings. The minimum Gasteiger partial charge on any atom is -0.466 e. The molecule has 7 heteroatoms. The second-order valence-corrected chi connectivity index (χ2v) is 9.05. The molecule has 5 rings (SSSR count). The lowest BCUT2D eigenvalue weighted by Crippen LogP contribution is -1.94. The predicted molar refractivity (Wildman–Crippen MR) is 142 cm³/mol. The number of aliphatic hydroxyl groups is 1. The van der Waals surface area contributed by atoms with Crippen molar-refractivity contribution in [3.05, 3.63) is 107 Å². The fourth-order valence-electron chi connectivity index (χ4n) is 4.02. The molecule has 0 aliphatic carbocycles. The van der Waals surface area contributed by atoms with Crippen molar-refractivity contribution in [1.82, 2.24) is 9.97 Å². The molecule has 0 atom stereocenters. The summed E-state index contributed by atoms with van der Waals surface area (Å²) in [7, 11) is 1.36. The number of benzene rings is 3. The third-order valence-corrected chi connectivity index (χ3v) is 6.71. The average Bonchev–Trinajstić information content (AvgIpc) is 3.57. The van der Waals surface area contributed by atoms with E-state index < -0.39 is 0 Å². The number of hydrogen-bond acceptors (Lipinski definition) is 6. The summed E-state index contributed by atoms with van der Waals surface area (Å²) < 4.78 is 10.8. The minimum absolute atomic E-state index is 0.111. The van der Waals surface area contributed by atoms with E-state index in [1.54, 1.807) is 17.4 Å². The van der Waals surface area contributed by atoms with E-state index in [4.69, 9.17) is 9.72 Å². The van der Waals surface area contributed by atoms with Crippen LogP contribution in [0.1, 0.15) is 22.4 Å². The van der Waals surface area contributed by atoms with Crippen LogP contribution in [0, 0.1) is 0 Å². The lowest BCUT2D eigenvalue weighted by molar-refractivity contribution is -0.134. The summed E-state index contributed by atoms with van der Waals surface area (Å²) in [6.45, 7) is -0.111. The van der Waals surface area contributed by atoms with Crippen LogP contribution in [0.25, 0.3) is 27.6 Å². The summed E-state index contributed by atoms with van der Waals surface area (Å²) in [6, 6.07) is 21.5. The molecule has 36 heavy (non-hydrogen) atoms. The third kappa shape index (κ3) is 5.22. The van der Waals surface area contributed by atoms with Crippen LogP contribution in [0.15, 0.2) is 84.4 Å². The number of rotatable bonds is 8. The highest BCUT2D eigenvalue weighted by Gasteiger charge is 2.12. The first-order valence-electron chi connectivity index (χ1n) is 11.4. The van der Waals surface area contributed by atoms with Gasteiger partial charge in [0, 0.05) is 46.1 Å². The third-order valence-electron chi connectivity index (χ3n) is 5.77. The Kier molecular flexibility index (Phi) is 6.93. The van der Waals surface area contributed by atoms with Gasteiger partial charge in [-0.25, -0.2) is 9.78 Å². The number of hydrogen-bond donors (Lipinski definition) is 2.